The molecule has 0 nitrogen and oxygen atoms in total. The molecule has 1 saturated carbocycles. The third-order valence-corrected chi connectivity index (χ3v) is 9.48. The first-order chi connectivity index (χ1) is 17.0. The van der Waals surface area contributed by atoms with E-state index < -0.39 is 0 Å². The summed E-state index contributed by atoms with van der Waals surface area (Å²) in [5, 5.41) is 2.85. The molecule has 0 unspecified atom stereocenters. The van der Waals surface area contributed by atoms with Gasteiger partial charge in [-0.05, 0) is 97.4 Å². The molecule has 5 aromatic rings. The Kier molecular flexibility index (Phi) is 3.75. The minimum Gasteiger partial charge on any atom is -0.0619 e. The van der Waals surface area contributed by atoms with E-state index in [1.54, 1.807) is 0 Å². The maximum atomic E-state index is 3.69. The van der Waals surface area contributed by atoms with Crippen molar-refractivity contribution in [3.63, 3.8) is 0 Å². The van der Waals surface area contributed by atoms with Crippen LogP contribution in [0.1, 0.15) is 48.9 Å². The van der Waals surface area contributed by atoms with Crippen molar-refractivity contribution in [3.8, 4) is 33.4 Å². The maximum Gasteiger partial charge on any atom is 0.0216 e. The molecule has 0 aliphatic heterocycles. The van der Waals surface area contributed by atoms with Crippen LogP contribution in [0.5, 0.6) is 0 Å². The van der Waals surface area contributed by atoms with Gasteiger partial charge in [-0.15, -0.1) is 0 Å². The quantitative estimate of drug-likeness (QED) is 0.209. The fraction of sp³-hybridized carbons (Fsp3) is 0.176. The Morgan fingerprint density at radius 1 is 0.571 bits per heavy atom. The Morgan fingerprint density at radius 2 is 1.26 bits per heavy atom. The first-order valence-corrected chi connectivity index (χ1v) is 13.4. The summed E-state index contributed by atoms with van der Waals surface area (Å²) in [6.45, 7) is 4.72. The molecule has 5 aromatic carbocycles. The summed E-state index contributed by atoms with van der Waals surface area (Å²) in [5.74, 6) is 0. The zero-order valence-electron chi connectivity index (χ0n) is 20.0. The van der Waals surface area contributed by atoms with Gasteiger partial charge < -0.3 is 0 Å². The Labute approximate surface area is 214 Å². The molecule has 0 amide bonds. The van der Waals surface area contributed by atoms with Crippen molar-refractivity contribution in [2.24, 2.45) is 0 Å². The van der Waals surface area contributed by atoms with E-state index in [0.717, 1.165) is 4.47 Å². The van der Waals surface area contributed by atoms with E-state index >= 15 is 0 Å². The Balaban J connectivity index is 1.38. The van der Waals surface area contributed by atoms with Gasteiger partial charge in [0.15, 0.2) is 0 Å². The van der Waals surface area contributed by atoms with Crippen LogP contribution in [-0.2, 0) is 10.8 Å². The topological polar surface area (TPSA) is 0 Å². The number of benzene rings is 5. The minimum atomic E-state index is -0.0200. The standard InChI is InChI=1S/C34H25Br/c1-33(2)30-18-20(10-12-24(30)25-13-11-21(35)19-31(25)33)22-14-15-29-32-26(22)7-5-8-27(32)23-6-3-4-9-28(23)34(29)16-17-34/h3-15,18-19H,16-17H2,1-2H3. The van der Waals surface area contributed by atoms with Crippen molar-refractivity contribution in [3.05, 3.63) is 118 Å². The largest absolute Gasteiger partial charge is 0.0619 e. The molecule has 1 spiro atoms. The molecule has 3 aliphatic rings. The molecule has 3 aliphatic carbocycles. The van der Waals surface area contributed by atoms with Crippen LogP contribution in [0.25, 0.3) is 44.2 Å². The van der Waals surface area contributed by atoms with Gasteiger partial charge >= 0.3 is 0 Å². The van der Waals surface area contributed by atoms with Gasteiger partial charge in [-0.1, -0.05) is 103 Å². The average molecular weight is 513 g/mol. The fourth-order valence-corrected chi connectivity index (χ4v) is 7.46. The van der Waals surface area contributed by atoms with Crippen molar-refractivity contribution in [1.29, 1.82) is 0 Å². The molecule has 0 bridgehead atoms. The highest BCUT2D eigenvalue weighted by atomic mass is 79.9. The van der Waals surface area contributed by atoms with E-state index in [2.05, 4.69) is 121 Å². The van der Waals surface area contributed by atoms with Gasteiger partial charge in [0.05, 0.1) is 0 Å². The second-order valence-electron chi connectivity index (χ2n) is 11.1. The summed E-state index contributed by atoms with van der Waals surface area (Å²) in [5.41, 5.74) is 14.3. The van der Waals surface area contributed by atoms with Gasteiger partial charge in [0.1, 0.15) is 0 Å². The SMILES string of the molecule is CC1(C)c2cc(Br)ccc2-c2ccc(-c3ccc4c5c(cccc35)-c3ccccc3C43CC3)cc21. The van der Waals surface area contributed by atoms with Crippen LogP contribution in [0.15, 0.2) is 95.5 Å². The Bertz CT molecular complexity index is 1730. The number of hydrogen-bond donors (Lipinski definition) is 0. The van der Waals surface area contributed by atoms with Gasteiger partial charge in [-0.3, -0.25) is 0 Å². The van der Waals surface area contributed by atoms with E-state index in [1.807, 2.05) is 0 Å². The first kappa shape index (κ1) is 20.1. The normalized spacial score (nSPS) is 17.2. The molecule has 0 saturated heterocycles. The zero-order valence-corrected chi connectivity index (χ0v) is 21.5. The molecule has 168 valence electrons. The molecule has 8 rings (SSSR count). The maximum absolute atomic E-state index is 3.69. The third kappa shape index (κ3) is 2.47. The van der Waals surface area contributed by atoms with Crippen molar-refractivity contribution < 1.29 is 0 Å². The highest BCUT2D eigenvalue weighted by Gasteiger charge is 2.50. The molecule has 0 heterocycles. The van der Waals surface area contributed by atoms with Gasteiger partial charge in [0.25, 0.3) is 0 Å². The highest BCUT2D eigenvalue weighted by Crippen LogP contribution is 2.62. The van der Waals surface area contributed by atoms with Gasteiger partial charge in [-0.25, -0.2) is 0 Å². The predicted octanol–water partition coefficient (Wildman–Crippen LogP) is 9.64. The van der Waals surface area contributed by atoms with Crippen LogP contribution in [0.2, 0.25) is 0 Å². The van der Waals surface area contributed by atoms with E-state index in [9.17, 15) is 0 Å². The van der Waals surface area contributed by atoms with Crippen LogP contribution in [0.4, 0.5) is 0 Å². The van der Waals surface area contributed by atoms with Gasteiger partial charge in [0, 0.05) is 15.3 Å². The van der Waals surface area contributed by atoms with Crippen LogP contribution >= 0.6 is 15.9 Å². The van der Waals surface area contributed by atoms with E-state index in [0.29, 0.717) is 0 Å². The fourth-order valence-electron chi connectivity index (χ4n) is 7.10. The second kappa shape index (κ2) is 6.53. The summed E-state index contributed by atoms with van der Waals surface area (Å²) in [6.07, 6.45) is 2.52. The molecule has 0 radical (unpaired) electrons. The highest BCUT2D eigenvalue weighted by molar-refractivity contribution is 9.10. The van der Waals surface area contributed by atoms with Gasteiger partial charge in [0.2, 0.25) is 0 Å². The van der Waals surface area contributed by atoms with E-state index in [1.165, 1.54) is 79.2 Å². The monoisotopic (exact) mass is 512 g/mol. The Morgan fingerprint density at radius 3 is 2.09 bits per heavy atom. The number of fused-ring (bicyclic) bond motifs is 7. The molecule has 0 atom stereocenters. The van der Waals surface area contributed by atoms with Crippen LogP contribution in [0, 0.1) is 0 Å². The van der Waals surface area contributed by atoms with Crippen molar-refractivity contribution in [2.75, 3.05) is 0 Å². The van der Waals surface area contributed by atoms with Crippen molar-refractivity contribution in [1.82, 2.24) is 0 Å². The molecule has 1 heteroatoms. The molecular formula is C34H25Br. The van der Waals surface area contributed by atoms with Crippen molar-refractivity contribution in [2.45, 2.75) is 37.5 Å². The molecule has 0 aromatic heterocycles. The molecule has 1 fully saturated rings. The molecule has 0 N–H and O–H groups in total. The zero-order chi connectivity index (χ0) is 23.5. The first-order valence-electron chi connectivity index (χ1n) is 12.6. The third-order valence-electron chi connectivity index (χ3n) is 8.99. The second-order valence-corrected chi connectivity index (χ2v) is 12.0. The number of rotatable bonds is 1. The lowest BCUT2D eigenvalue weighted by Crippen LogP contribution is -2.16. The smallest absolute Gasteiger partial charge is 0.0216 e. The summed E-state index contributed by atoms with van der Waals surface area (Å²) < 4.78 is 1.15. The average Bonchev–Trinajstić information content (AvgIpc) is 3.64. The van der Waals surface area contributed by atoms with Crippen LogP contribution in [-0.4, -0.2) is 0 Å². The van der Waals surface area contributed by atoms with Crippen LogP contribution in [0.3, 0.4) is 0 Å². The van der Waals surface area contributed by atoms with E-state index in [-0.39, 0.29) is 10.8 Å². The summed E-state index contributed by atoms with van der Waals surface area (Å²) in [7, 11) is 0. The van der Waals surface area contributed by atoms with Crippen LogP contribution < -0.4 is 0 Å². The number of hydrogen-bond acceptors (Lipinski definition) is 0. The molecule has 35 heavy (non-hydrogen) atoms. The summed E-state index contributed by atoms with van der Waals surface area (Å²) in [6, 6.07) is 34.7. The summed E-state index contributed by atoms with van der Waals surface area (Å²) >= 11 is 3.69. The lowest BCUT2D eigenvalue weighted by atomic mass is 9.73. The van der Waals surface area contributed by atoms with Crippen molar-refractivity contribution >= 4 is 26.7 Å². The minimum absolute atomic E-state index is 0.0200. The predicted molar refractivity (Wildman–Crippen MR) is 150 cm³/mol. The lowest BCUT2D eigenvalue weighted by Gasteiger charge is -2.30. The lowest BCUT2D eigenvalue weighted by molar-refractivity contribution is 0.660. The van der Waals surface area contributed by atoms with E-state index in [4.69, 9.17) is 0 Å². The van der Waals surface area contributed by atoms with Gasteiger partial charge in [-0.2, -0.15) is 0 Å². The summed E-state index contributed by atoms with van der Waals surface area (Å²) in [4.78, 5) is 0. The number of halogens is 1. The molecular weight excluding hydrogens is 488 g/mol. The Hall–Kier alpha value is -3.16.